The molecule has 4 unspecified atom stereocenters. The van der Waals surface area contributed by atoms with Gasteiger partial charge in [0.2, 0.25) is 0 Å². The number of ketones is 2. The van der Waals surface area contributed by atoms with E-state index in [4.69, 9.17) is 4.42 Å². The number of rotatable bonds is 3. The molecule has 3 saturated carbocycles. The van der Waals surface area contributed by atoms with E-state index in [2.05, 4.69) is 27.7 Å². The Morgan fingerprint density at radius 3 is 2.41 bits per heavy atom. The topological polar surface area (TPSA) is 64.3 Å². The van der Waals surface area contributed by atoms with Crippen molar-refractivity contribution in [2.75, 3.05) is 0 Å². The highest BCUT2D eigenvalue weighted by Gasteiger charge is 2.64. The van der Waals surface area contributed by atoms with E-state index in [0.29, 0.717) is 35.9 Å². The average molecular weight is 463 g/mol. The minimum atomic E-state index is -0.320. The molecule has 4 nitrogen and oxygen atoms in total. The number of hydrogen-bond donors (Lipinski definition) is 0. The fourth-order valence-corrected chi connectivity index (χ4v) is 7.58. The fourth-order valence-electron chi connectivity index (χ4n) is 7.58. The summed E-state index contributed by atoms with van der Waals surface area (Å²) in [5.41, 5.74) is 2.64. The van der Waals surface area contributed by atoms with Gasteiger partial charge in [-0.15, -0.1) is 0 Å². The number of Topliss-reactive ketones (excluding diaryl/α,β-unsaturated/α-hetero) is 2. The largest absolute Gasteiger partial charge is 0.423 e. The Balaban J connectivity index is 1.64. The van der Waals surface area contributed by atoms with Crippen LogP contribution >= 0.6 is 0 Å². The van der Waals surface area contributed by atoms with Crippen LogP contribution in [0, 0.1) is 35.0 Å². The average Bonchev–Trinajstić information content (AvgIpc) is 3.04. The van der Waals surface area contributed by atoms with E-state index in [1.165, 1.54) is 0 Å². The zero-order chi connectivity index (χ0) is 25.1. The van der Waals surface area contributed by atoms with E-state index in [-0.39, 0.29) is 33.6 Å². The van der Waals surface area contributed by atoms with E-state index in [1.807, 2.05) is 38.1 Å². The standard InChI is InChI=1S/C30H38O4/c1-18(22-12-11-20(3)27(33)34-22)9-8-10-19(2)26-21(31)17-24-29(6)16-14-25(32)28(4,5)23(29)13-15-30(24,26)7/h8-12,23-24H,13-17H2,1-7H3/b10-8+,18-9+,26-19+. The fraction of sp³-hybridized carbons (Fsp3) is 0.567. The molecular formula is C30H38O4. The molecular weight excluding hydrogens is 424 g/mol. The predicted molar refractivity (Wildman–Crippen MR) is 135 cm³/mol. The van der Waals surface area contributed by atoms with Crippen LogP contribution in [0.4, 0.5) is 0 Å². The van der Waals surface area contributed by atoms with Gasteiger partial charge < -0.3 is 4.42 Å². The van der Waals surface area contributed by atoms with Crippen LogP contribution in [0.2, 0.25) is 0 Å². The molecule has 0 spiro atoms. The summed E-state index contributed by atoms with van der Waals surface area (Å²) in [5.74, 6) is 1.80. The first-order chi connectivity index (χ1) is 15.8. The molecule has 1 heterocycles. The Labute approximate surface area is 203 Å². The van der Waals surface area contributed by atoms with Crippen molar-refractivity contribution < 1.29 is 14.0 Å². The second-order valence-electron chi connectivity index (χ2n) is 11.9. The van der Waals surface area contributed by atoms with Crippen LogP contribution in [0.25, 0.3) is 5.57 Å². The number of allylic oxidation sites excluding steroid dienone is 6. The Bertz CT molecular complexity index is 1190. The van der Waals surface area contributed by atoms with Crippen molar-refractivity contribution in [3.8, 4) is 0 Å². The zero-order valence-electron chi connectivity index (χ0n) is 21.7. The quantitative estimate of drug-likeness (QED) is 0.374. The van der Waals surface area contributed by atoms with Crippen LogP contribution in [0.3, 0.4) is 0 Å². The van der Waals surface area contributed by atoms with Gasteiger partial charge in [0.25, 0.3) is 0 Å². The second-order valence-corrected chi connectivity index (χ2v) is 11.9. The van der Waals surface area contributed by atoms with Crippen molar-refractivity contribution in [1.82, 2.24) is 0 Å². The maximum absolute atomic E-state index is 13.4. The summed E-state index contributed by atoms with van der Waals surface area (Å²) in [7, 11) is 0. The highest BCUT2D eigenvalue weighted by Crippen LogP contribution is 2.68. The molecule has 3 aliphatic rings. The van der Waals surface area contributed by atoms with E-state index in [1.54, 1.807) is 13.0 Å². The van der Waals surface area contributed by atoms with Crippen molar-refractivity contribution in [2.24, 2.45) is 28.1 Å². The maximum atomic E-state index is 13.4. The molecule has 4 heteroatoms. The van der Waals surface area contributed by atoms with Crippen LogP contribution in [0.5, 0.6) is 0 Å². The van der Waals surface area contributed by atoms with Crippen molar-refractivity contribution in [3.63, 3.8) is 0 Å². The highest BCUT2D eigenvalue weighted by molar-refractivity contribution is 6.01. The van der Waals surface area contributed by atoms with Crippen molar-refractivity contribution in [2.45, 2.75) is 80.6 Å². The Morgan fingerprint density at radius 1 is 1.03 bits per heavy atom. The van der Waals surface area contributed by atoms with E-state index in [0.717, 1.165) is 36.0 Å². The predicted octanol–water partition coefficient (Wildman–Crippen LogP) is 6.62. The molecule has 3 fully saturated rings. The van der Waals surface area contributed by atoms with Crippen LogP contribution in [0.1, 0.15) is 85.0 Å². The molecule has 4 rings (SSSR count). The summed E-state index contributed by atoms with van der Waals surface area (Å²) in [4.78, 5) is 37.9. The lowest BCUT2D eigenvalue weighted by Gasteiger charge is -2.60. The molecule has 182 valence electrons. The summed E-state index contributed by atoms with van der Waals surface area (Å²) in [6.07, 6.45) is 9.90. The van der Waals surface area contributed by atoms with Gasteiger partial charge in [-0.05, 0) is 80.6 Å². The van der Waals surface area contributed by atoms with Crippen molar-refractivity contribution in [1.29, 1.82) is 0 Å². The number of carbonyl (C=O) groups is 2. The number of fused-ring (bicyclic) bond motifs is 3. The third-order valence-corrected chi connectivity index (χ3v) is 9.52. The summed E-state index contributed by atoms with van der Waals surface area (Å²) in [5, 5.41) is 0. The first kappa shape index (κ1) is 24.6. The molecule has 3 aliphatic carbocycles. The Hall–Kier alpha value is -2.49. The number of carbonyl (C=O) groups excluding carboxylic acids is 2. The highest BCUT2D eigenvalue weighted by atomic mass is 16.4. The summed E-state index contributed by atoms with van der Waals surface area (Å²) in [6, 6.07) is 3.58. The van der Waals surface area contributed by atoms with Crippen LogP contribution in [0.15, 0.2) is 50.7 Å². The number of hydrogen-bond acceptors (Lipinski definition) is 4. The molecule has 1 aromatic rings. The van der Waals surface area contributed by atoms with Crippen molar-refractivity contribution in [3.05, 3.63) is 63.3 Å². The van der Waals surface area contributed by atoms with Crippen LogP contribution in [-0.4, -0.2) is 11.6 Å². The first-order valence-corrected chi connectivity index (χ1v) is 12.6. The third kappa shape index (κ3) is 3.70. The van der Waals surface area contributed by atoms with Gasteiger partial charge in [-0.2, -0.15) is 0 Å². The third-order valence-electron chi connectivity index (χ3n) is 9.52. The van der Waals surface area contributed by atoms with Gasteiger partial charge in [-0.3, -0.25) is 9.59 Å². The molecule has 0 N–H and O–H groups in total. The molecule has 0 radical (unpaired) electrons. The van der Waals surface area contributed by atoms with Crippen molar-refractivity contribution >= 4 is 17.1 Å². The molecule has 0 aliphatic heterocycles. The molecule has 1 aromatic heterocycles. The van der Waals surface area contributed by atoms with Crippen LogP contribution in [-0.2, 0) is 9.59 Å². The van der Waals surface area contributed by atoms with Gasteiger partial charge in [0.05, 0.1) is 0 Å². The monoisotopic (exact) mass is 462 g/mol. The van der Waals surface area contributed by atoms with Crippen LogP contribution < -0.4 is 5.63 Å². The maximum Gasteiger partial charge on any atom is 0.339 e. The molecule has 34 heavy (non-hydrogen) atoms. The SMILES string of the molecule is CC(/C=C/C=C(\C)c1ccc(C)c(=O)o1)=C1/C(=O)CC2C1(C)CCC1C(C)(C)C(=O)CCC12C. The van der Waals surface area contributed by atoms with Gasteiger partial charge in [0.1, 0.15) is 11.5 Å². The molecule has 0 amide bonds. The van der Waals surface area contributed by atoms with Gasteiger partial charge in [0.15, 0.2) is 5.78 Å². The minimum absolute atomic E-state index is 0.00525. The molecule has 0 aromatic carbocycles. The van der Waals surface area contributed by atoms with Gasteiger partial charge in [-0.1, -0.05) is 45.9 Å². The first-order valence-electron chi connectivity index (χ1n) is 12.6. The van der Waals surface area contributed by atoms with Gasteiger partial charge in [-0.25, -0.2) is 4.79 Å². The Morgan fingerprint density at radius 2 is 1.74 bits per heavy atom. The molecule has 4 atom stereocenters. The van der Waals surface area contributed by atoms with Gasteiger partial charge >= 0.3 is 5.63 Å². The van der Waals surface area contributed by atoms with E-state index >= 15 is 0 Å². The van der Waals surface area contributed by atoms with Gasteiger partial charge in [0, 0.05) is 34.8 Å². The number of aryl methyl sites for hydroxylation is 1. The molecule has 0 saturated heterocycles. The summed E-state index contributed by atoms with van der Waals surface area (Å²) >= 11 is 0. The zero-order valence-corrected chi connectivity index (χ0v) is 21.7. The lowest BCUT2D eigenvalue weighted by Crippen LogP contribution is -2.56. The molecule has 0 bridgehead atoms. The lowest BCUT2D eigenvalue weighted by molar-refractivity contribution is -0.154. The lowest BCUT2D eigenvalue weighted by atomic mass is 9.43. The minimum Gasteiger partial charge on any atom is -0.423 e. The van der Waals surface area contributed by atoms with E-state index in [9.17, 15) is 14.4 Å². The smallest absolute Gasteiger partial charge is 0.339 e. The Kier molecular flexibility index (Phi) is 6.03. The van der Waals surface area contributed by atoms with E-state index < -0.39 is 0 Å². The second kappa shape index (κ2) is 8.32. The normalized spacial score (nSPS) is 34.9. The summed E-state index contributed by atoms with van der Waals surface area (Å²) < 4.78 is 5.37. The summed E-state index contributed by atoms with van der Waals surface area (Å²) in [6.45, 7) is 14.5.